The monoisotopic (exact) mass is 156 g/mol. The van der Waals surface area contributed by atoms with Crippen LogP contribution in [0.25, 0.3) is 0 Å². The fourth-order valence-corrected chi connectivity index (χ4v) is 1.20. The van der Waals surface area contributed by atoms with E-state index in [1.165, 1.54) is 0 Å². The summed E-state index contributed by atoms with van der Waals surface area (Å²) in [6, 6.07) is 0. The lowest BCUT2D eigenvalue weighted by Gasteiger charge is -2.02. The molecule has 0 rings (SSSR count). The molecule has 0 aliphatic carbocycles. The maximum absolute atomic E-state index is 10.1. The average molecular weight is 156 g/mol. The molecular weight excluding hydrogens is 148 g/mol. The first kappa shape index (κ1) is 8.29. The van der Waals surface area contributed by atoms with Gasteiger partial charge in [0.1, 0.15) is 0 Å². The zero-order valence-corrected chi connectivity index (χ0v) is 6.29. The molecule has 1 unspecified atom stereocenters. The summed E-state index contributed by atoms with van der Waals surface area (Å²) in [6.07, 6.45) is -0.287. The van der Waals surface area contributed by atoms with Gasteiger partial charge in [-0.05, 0) is 13.8 Å². The Labute approximate surface area is 53.7 Å². The van der Waals surface area contributed by atoms with Crippen LogP contribution in [0.1, 0.15) is 13.8 Å². The minimum absolute atomic E-state index is 0.287. The molecule has 0 aromatic heterocycles. The van der Waals surface area contributed by atoms with Crippen LogP contribution in [0, 0.1) is 0 Å². The minimum atomic E-state index is -3.39. The normalized spacial score (nSPS) is 18.5. The second-order valence-corrected chi connectivity index (χ2v) is 3.88. The molecule has 0 fully saturated rings. The molecule has 0 spiro atoms. The van der Waals surface area contributed by atoms with E-state index in [1.54, 1.807) is 13.8 Å². The third-order valence-corrected chi connectivity index (χ3v) is 1.18. The predicted octanol–water partition coefficient (Wildman–Crippen LogP) is 0.546. The Hall–Kier alpha value is 0.290. The zero-order valence-electron chi connectivity index (χ0n) is 4.66. The number of rotatable bonds is 2. The fraction of sp³-hybridized carbons (Fsp3) is 1.00. The topological polar surface area (TPSA) is 46.5 Å². The van der Waals surface area contributed by atoms with E-state index in [0.29, 0.717) is 0 Å². The van der Waals surface area contributed by atoms with E-state index in [2.05, 4.69) is 15.4 Å². The standard InChI is InChI=1S/C3H8O3S2/c1-3(2)6-8(4,5)7/h3H,1-2H3,(H,4,5,7). The lowest BCUT2D eigenvalue weighted by Crippen LogP contribution is -2.08. The quantitative estimate of drug-likeness (QED) is 0.634. The Morgan fingerprint density at radius 3 is 2.12 bits per heavy atom. The Morgan fingerprint density at radius 2 is 2.12 bits per heavy atom. The number of hydrogen-bond acceptors (Lipinski definition) is 3. The molecule has 0 saturated heterocycles. The van der Waals surface area contributed by atoms with Gasteiger partial charge in [-0.25, -0.2) is 0 Å². The van der Waals surface area contributed by atoms with Crippen molar-refractivity contribution in [3.63, 3.8) is 0 Å². The molecule has 3 nitrogen and oxygen atoms in total. The van der Waals surface area contributed by atoms with Gasteiger partial charge in [0, 0.05) is 11.2 Å². The highest BCUT2D eigenvalue weighted by atomic mass is 32.9. The fourth-order valence-electron chi connectivity index (χ4n) is 0.243. The number of hydrogen-bond donors (Lipinski definition) is 1. The SMILES string of the molecule is CC(C)OS(=O)(O)=S. The molecule has 5 heteroatoms. The molecule has 8 heavy (non-hydrogen) atoms. The minimum Gasteiger partial charge on any atom is -0.285 e. The van der Waals surface area contributed by atoms with Crippen LogP contribution < -0.4 is 0 Å². The summed E-state index contributed by atoms with van der Waals surface area (Å²) >= 11 is 4.02. The lowest BCUT2D eigenvalue weighted by atomic mass is 10.5. The second kappa shape index (κ2) is 2.72. The highest BCUT2D eigenvalue weighted by Crippen LogP contribution is 1.93. The van der Waals surface area contributed by atoms with Crippen molar-refractivity contribution in [2.75, 3.05) is 0 Å². The van der Waals surface area contributed by atoms with Crippen molar-refractivity contribution in [2.24, 2.45) is 0 Å². The third kappa shape index (κ3) is 6.29. The molecule has 0 aliphatic heterocycles. The zero-order chi connectivity index (χ0) is 6.78. The van der Waals surface area contributed by atoms with Crippen molar-refractivity contribution in [2.45, 2.75) is 20.0 Å². The van der Waals surface area contributed by atoms with Gasteiger partial charge in [-0.3, -0.25) is 8.74 Å². The Balaban J connectivity index is 3.75. The van der Waals surface area contributed by atoms with Crippen molar-refractivity contribution in [3.8, 4) is 0 Å². The van der Waals surface area contributed by atoms with Crippen LogP contribution in [-0.2, 0) is 24.4 Å². The Bertz CT molecular complexity index is 146. The molecule has 0 bridgehead atoms. The van der Waals surface area contributed by atoms with Crippen LogP contribution in [0.4, 0.5) is 0 Å². The van der Waals surface area contributed by atoms with Crippen LogP contribution >= 0.6 is 0 Å². The molecule has 0 amide bonds. The van der Waals surface area contributed by atoms with Crippen molar-refractivity contribution >= 4 is 20.2 Å². The summed E-state index contributed by atoms with van der Waals surface area (Å²) in [5, 5.41) is 0. The first-order valence-corrected chi connectivity index (χ1v) is 4.44. The third-order valence-electron chi connectivity index (χ3n) is 0.314. The van der Waals surface area contributed by atoms with Gasteiger partial charge in [0.15, 0.2) is 0 Å². The molecule has 1 N–H and O–H groups in total. The molecule has 0 aromatic rings. The summed E-state index contributed by atoms with van der Waals surface area (Å²) in [5.74, 6) is 0. The van der Waals surface area contributed by atoms with Crippen LogP contribution in [0.15, 0.2) is 0 Å². The summed E-state index contributed by atoms with van der Waals surface area (Å²) in [6.45, 7) is 3.28. The first-order valence-electron chi connectivity index (χ1n) is 2.07. The molecule has 0 saturated carbocycles. The predicted molar refractivity (Wildman–Crippen MR) is 34.4 cm³/mol. The van der Waals surface area contributed by atoms with Gasteiger partial charge in [-0.2, -0.15) is 4.21 Å². The summed E-state index contributed by atoms with van der Waals surface area (Å²) in [7, 11) is -3.39. The van der Waals surface area contributed by atoms with E-state index in [9.17, 15) is 4.21 Å². The smallest absolute Gasteiger partial charge is 0.266 e. The van der Waals surface area contributed by atoms with Gasteiger partial charge < -0.3 is 0 Å². The maximum Gasteiger partial charge on any atom is 0.266 e. The van der Waals surface area contributed by atoms with Gasteiger partial charge in [0.05, 0.1) is 6.10 Å². The van der Waals surface area contributed by atoms with Crippen LogP contribution in [0.3, 0.4) is 0 Å². The maximum atomic E-state index is 10.1. The molecule has 0 radical (unpaired) electrons. The molecule has 0 aromatic carbocycles. The molecule has 0 heterocycles. The first-order chi connectivity index (χ1) is 3.42. The highest BCUT2D eigenvalue weighted by Gasteiger charge is 2.01. The van der Waals surface area contributed by atoms with Crippen LogP contribution in [0.2, 0.25) is 0 Å². The summed E-state index contributed by atoms with van der Waals surface area (Å²) in [5.41, 5.74) is 0. The van der Waals surface area contributed by atoms with Crippen LogP contribution in [0.5, 0.6) is 0 Å². The van der Waals surface area contributed by atoms with Crippen LogP contribution in [-0.4, -0.2) is 14.9 Å². The van der Waals surface area contributed by atoms with E-state index in [1.807, 2.05) is 0 Å². The Morgan fingerprint density at radius 1 is 1.75 bits per heavy atom. The van der Waals surface area contributed by atoms with E-state index in [4.69, 9.17) is 4.55 Å². The van der Waals surface area contributed by atoms with Gasteiger partial charge in [-0.15, -0.1) is 0 Å². The summed E-state index contributed by atoms with van der Waals surface area (Å²) in [4.78, 5) is 0. The largest absolute Gasteiger partial charge is 0.285 e. The molecule has 0 aliphatic rings. The summed E-state index contributed by atoms with van der Waals surface area (Å²) < 4.78 is 22.8. The van der Waals surface area contributed by atoms with E-state index >= 15 is 0 Å². The molecular formula is C3H8O3S2. The highest BCUT2D eigenvalue weighted by molar-refractivity contribution is 8.27. The lowest BCUT2D eigenvalue weighted by molar-refractivity contribution is 0.239. The molecule has 1 atom stereocenters. The van der Waals surface area contributed by atoms with Gasteiger partial charge in [0.25, 0.3) is 9.05 Å². The van der Waals surface area contributed by atoms with Crippen molar-refractivity contribution in [1.82, 2.24) is 0 Å². The van der Waals surface area contributed by atoms with Gasteiger partial charge in [0.2, 0.25) is 0 Å². The molecule has 50 valence electrons. The van der Waals surface area contributed by atoms with Gasteiger partial charge >= 0.3 is 0 Å². The van der Waals surface area contributed by atoms with E-state index in [0.717, 1.165) is 0 Å². The van der Waals surface area contributed by atoms with Crippen molar-refractivity contribution < 1.29 is 12.9 Å². The van der Waals surface area contributed by atoms with Crippen molar-refractivity contribution in [1.29, 1.82) is 0 Å². The average Bonchev–Trinajstić information content (AvgIpc) is 1.21. The van der Waals surface area contributed by atoms with Crippen molar-refractivity contribution in [3.05, 3.63) is 0 Å². The van der Waals surface area contributed by atoms with E-state index < -0.39 is 9.05 Å². The second-order valence-electron chi connectivity index (χ2n) is 1.57. The van der Waals surface area contributed by atoms with Gasteiger partial charge in [-0.1, -0.05) is 0 Å². The van der Waals surface area contributed by atoms with E-state index in [-0.39, 0.29) is 6.10 Å². The Kier molecular flexibility index (Phi) is 2.82.